The van der Waals surface area contributed by atoms with Crippen LogP contribution in [0.5, 0.6) is 0 Å². The molecule has 168 valence electrons. The fourth-order valence-corrected chi connectivity index (χ4v) is 5.86. The van der Waals surface area contributed by atoms with E-state index in [9.17, 15) is 13.2 Å². The van der Waals surface area contributed by atoms with Crippen LogP contribution in [0.1, 0.15) is 54.5 Å². The summed E-state index contributed by atoms with van der Waals surface area (Å²) in [5, 5.41) is 3.11. The number of nitrogens with one attached hydrogen (secondary N) is 1. The third-order valence-corrected chi connectivity index (χ3v) is 8.04. The second-order valence-electron chi connectivity index (χ2n) is 8.69. The lowest BCUT2D eigenvalue weighted by molar-refractivity contribution is -0.126. The fourth-order valence-electron chi connectivity index (χ4n) is 4.28. The maximum Gasteiger partial charge on any atom is 0.224 e. The van der Waals surface area contributed by atoms with E-state index in [1.165, 1.54) is 4.31 Å². The van der Waals surface area contributed by atoms with Crippen molar-refractivity contribution in [1.82, 2.24) is 9.62 Å². The molecule has 2 aromatic rings. The summed E-state index contributed by atoms with van der Waals surface area (Å²) in [6.07, 6.45) is 2.77. The number of benzene rings is 2. The van der Waals surface area contributed by atoms with Gasteiger partial charge < -0.3 is 5.32 Å². The van der Waals surface area contributed by atoms with Gasteiger partial charge in [-0.05, 0) is 63.1 Å². The van der Waals surface area contributed by atoms with E-state index in [0.717, 1.165) is 35.1 Å². The first-order valence-electron chi connectivity index (χ1n) is 11.2. The van der Waals surface area contributed by atoms with Crippen LogP contribution < -0.4 is 5.32 Å². The first-order chi connectivity index (χ1) is 14.8. The molecule has 1 aliphatic rings. The van der Waals surface area contributed by atoms with Crippen LogP contribution in [0.3, 0.4) is 0 Å². The Bertz CT molecular complexity index is 989. The topological polar surface area (TPSA) is 66.5 Å². The predicted octanol–water partition coefficient (Wildman–Crippen LogP) is 4.16. The number of carbonyl (C=O) groups excluding carboxylic acids is 1. The van der Waals surface area contributed by atoms with Crippen LogP contribution in [-0.4, -0.2) is 37.5 Å². The Labute approximate surface area is 186 Å². The zero-order chi connectivity index (χ0) is 22.4. The Morgan fingerprint density at radius 3 is 2.65 bits per heavy atom. The normalized spacial score (nSPS) is 18.5. The van der Waals surface area contributed by atoms with Crippen LogP contribution in [0.15, 0.2) is 48.5 Å². The average Bonchev–Trinajstić information content (AvgIpc) is 2.76. The van der Waals surface area contributed by atoms with Crippen molar-refractivity contribution in [3.05, 3.63) is 70.8 Å². The molecule has 2 aromatic carbocycles. The number of carbonyl (C=O) groups is 1. The Balaban J connectivity index is 1.56. The van der Waals surface area contributed by atoms with Crippen molar-refractivity contribution in [2.24, 2.45) is 5.92 Å². The highest BCUT2D eigenvalue weighted by Gasteiger charge is 2.32. The van der Waals surface area contributed by atoms with Crippen molar-refractivity contribution in [1.29, 1.82) is 0 Å². The molecule has 0 aromatic heterocycles. The Hall–Kier alpha value is -2.18. The number of amides is 1. The van der Waals surface area contributed by atoms with Gasteiger partial charge >= 0.3 is 0 Å². The van der Waals surface area contributed by atoms with Gasteiger partial charge in [-0.1, -0.05) is 54.1 Å². The van der Waals surface area contributed by atoms with Gasteiger partial charge in [0.05, 0.1) is 17.7 Å². The van der Waals surface area contributed by atoms with Gasteiger partial charge in [0, 0.05) is 13.1 Å². The summed E-state index contributed by atoms with van der Waals surface area (Å²) in [6.45, 7) is 6.85. The molecule has 1 N–H and O–H groups in total. The summed E-state index contributed by atoms with van der Waals surface area (Å²) in [4.78, 5) is 12.9. The molecule has 31 heavy (non-hydrogen) atoms. The van der Waals surface area contributed by atoms with Crippen LogP contribution >= 0.6 is 0 Å². The van der Waals surface area contributed by atoms with Crippen LogP contribution in [0.4, 0.5) is 0 Å². The number of sulfonamides is 1. The highest BCUT2D eigenvalue weighted by molar-refractivity contribution is 7.89. The van der Waals surface area contributed by atoms with Gasteiger partial charge in [-0.3, -0.25) is 4.79 Å². The van der Waals surface area contributed by atoms with Crippen molar-refractivity contribution in [3.63, 3.8) is 0 Å². The molecule has 2 atom stereocenters. The van der Waals surface area contributed by atoms with E-state index in [-0.39, 0.29) is 30.2 Å². The summed E-state index contributed by atoms with van der Waals surface area (Å²) in [7, 11) is -3.36. The van der Waals surface area contributed by atoms with Crippen molar-refractivity contribution in [3.8, 4) is 0 Å². The smallest absolute Gasteiger partial charge is 0.224 e. The molecule has 1 saturated heterocycles. The van der Waals surface area contributed by atoms with Gasteiger partial charge in [0.2, 0.25) is 15.9 Å². The molecule has 0 radical (unpaired) electrons. The van der Waals surface area contributed by atoms with E-state index in [0.29, 0.717) is 19.4 Å². The lowest BCUT2D eigenvalue weighted by atomic mass is 9.96. The summed E-state index contributed by atoms with van der Waals surface area (Å²) in [5.41, 5.74) is 4.56. The molecule has 0 spiro atoms. The highest BCUT2D eigenvalue weighted by atomic mass is 32.2. The molecule has 0 bridgehead atoms. The van der Waals surface area contributed by atoms with Crippen LogP contribution in [-0.2, 0) is 21.2 Å². The van der Waals surface area contributed by atoms with E-state index >= 15 is 0 Å². The number of nitrogens with zero attached hydrogens (tertiary/aromatic N) is 1. The van der Waals surface area contributed by atoms with E-state index in [4.69, 9.17) is 0 Å². The van der Waals surface area contributed by atoms with Gasteiger partial charge in [-0.25, -0.2) is 12.7 Å². The predicted molar refractivity (Wildman–Crippen MR) is 125 cm³/mol. The molecule has 6 heteroatoms. The molecule has 0 saturated carbocycles. The first kappa shape index (κ1) is 23.5. The maximum absolute atomic E-state index is 12.9. The molecular formula is C25H34N2O3S. The van der Waals surface area contributed by atoms with E-state index < -0.39 is 10.0 Å². The van der Waals surface area contributed by atoms with Gasteiger partial charge in [0.25, 0.3) is 0 Å². The second-order valence-corrected chi connectivity index (χ2v) is 10.8. The standard InChI is InChI=1S/C25H34N2O3S/c1-19-13-14-20(2)24(17-19)21(3)26-25(28)23-12-7-15-27(18-23)31(29,30)16-8-11-22-9-5-4-6-10-22/h4-6,9-10,13-14,17,21,23H,7-8,11-12,15-16,18H2,1-3H3,(H,26,28)/t21-,23+/m1/s1. The summed E-state index contributed by atoms with van der Waals surface area (Å²) in [6, 6.07) is 16.1. The average molecular weight is 443 g/mol. The van der Waals surface area contributed by atoms with E-state index in [1.54, 1.807) is 0 Å². The van der Waals surface area contributed by atoms with Crippen molar-refractivity contribution >= 4 is 15.9 Å². The molecule has 0 aliphatic carbocycles. The SMILES string of the molecule is Cc1ccc(C)c([C@@H](C)NC(=O)[C@H]2CCCN(S(=O)(=O)CCCc3ccccc3)C2)c1. The minimum absolute atomic E-state index is 0.0578. The summed E-state index contributed by atoms with van der Waals surface area (Å²) >= 11 is 0. The largest absolute Gasteiger partial charge is 0.349 e. The molecule has 5 nitrogen and oxygen atoms in total. The number of piperidine rings is 1. The molecule has 1 fully saturated rings. The van der Waals surface area contributed by atoms with Gasteiger partial charge in [-0.2, -0.15) is 0 Å². The van der Waals surface area contributed by atoms with Gasteiger partial charge in [-0.15, -0.1) is 0 Å². The zero-order valence-electron chi connectivity index (χ0n) is 18.8. The monoisotopic (exact) mass is 442 g/mol. The molecular weight excluding hydrogens is 408 g/mol. The third-order valence-electron chi connectivity index (χ3n) is 6.12. The number of aryl methyl sites for hydroxylation is 3. The lowest BCUT2D eigenvalue weighted by Crippen LogP contribution is -2.46. The fraction of sp³-hybridized carbons (Fsp3) is 0.480. The lowest BCUT2D eigenvalue weighted by Gasteiger charge is -2.32. The molecule has 3 rings (SSSR count). The highest BCUT2D eigenvalue weighted by Crippen LogP contribution is 2.23. The Morgan fingerprint density at radius 2 is 1.90 bits per heavy atom. The van der Waals surface area contributed by atoms with Crippen LogP contribution in [0.25, 0.3) is 0 Å². The third kappa shape index (κ3) is 6.40. The second kappa shape index (κ2) is 10.4. The molecule has 1 amide bonds. The van der Waals surface area contributed by atoms with Gasteiger partial charge in [0.1, 0.15) is 0 Å². The Morgan fingerprint density at radius 1 is 1.16 bits per heavy atom. The summed E-state index contributed by atoms with van der Waals surface area (Å²) < 4.78 is 27.3. The van der Waals surface area contributed by atoms with E-state index in [2.05, 4.69) is 23.5 Å². The zero-order valence-corrected chi connectivity index (χ0v) is 19.6. The minimum atomic E-state index is -3.36. The van der Waals surface area contributed by atoms with E-state index in [1.807, 2.05) is 51.1 Å². The summed E-state index contributed by atoms with van der Waals surface area (Å²) in [5.74, 6) is -0.238. The number of hydrogen-bond acceptors (Lipinski definition) is 3. The quantitative estimate of drug-likeness (QED) is 0.668. The van der Waals surface area contributed by atoms with Crippen molar-refractivity contribution < 1.29 is 13.2 Å². The van der Waals surface area contributed by atoms with Gasteiger partial charge in [0.15, 0.2) is 0 Å². The maximum atomic E-state index is 12.9. The first-order valence-corrected chi connectivity index (χ1v) is 12.8. The van der Waals surface area contributed by atoms with Crippen molar-refractivity contribution in [2.45, 2.75) is 52.5 Å². The van der Waals surface area contributed by atoms with Crippen molar-refractivity contribution in [2.75, 3.05) is 18.8 Å². The molecule has 0 unspecified atom stereocenters. The Kier molecular flexibility index (Phi) is 7.89. The number of rotatable bonds is 8. The molecule has 1 heterocycles. The molecule has 1 aliphatic heterocycles. The van der Waals surface area contributed by atoms with Crippen LogP contribution in [0, 0.1) is 19.8 Å². The van der Waals surface area contributed by atoms with Crippen LogP contribution in [0.2, 0.25) is 0 Å². The minimum Gasteiger partial charge on any atom is -0.349 e. The number of hydrogen-bond donors (Lipinski definition) is 1.